The molecule has 0 atom stereocenters. The lowest BCUT2D eigenvalue weighted by Crippen LogP contribution is -2.09. The first-order valence-electron chi connectivity index (χ1n) is 6.17. The van der Waals surface area contributed by atoms with Gasteiger partial charge in [0.2, 0.25) is 0 Å². The van der Waals surface area contributed by atoms with Crippen molar-refractivity contribution in [2.75, 3.05) is 0 Å². The number of imidazole rings is 1. The predicted molar refractivity (Wildman–Crippen MR) is 77.1 cm³/mol. The lowest BCUT2D eigenvalue weighted by molar-refractivity contribution is -0.0835. The van der Waals surface area contributed by atoms with Crippen LogP contribution >= 0.6 is 11.8 Å². The SMILES string of the molecule is CC(C)C#C/C=C(/Sc1nc2nc[nH]c(=O)c2[nH]1)C(F)(F)F. The second kappa shape index (κ2) is 6.27. The van der Waals surface area contributed by atoms with Crippen LogP contribution in [-0.4, -0.2) is 26.1 Å². The van der Waals surface area contributed by atoms with E-state index in [2.05, 4.69) is 31.8 Å². The van der Waals surface area contributed by atoms with Gasteiger partial charge in [0.05, 0.1) is 6.33 Å². The third-order valence-corrected chi connectivity index (χ3v) is 3.29. The summed E-state index contributed by atoms with van der Waals surface area (Å²) in [4.78, 5) is 23.0. The number of hydrogen-bond acceptors (Lipinski definition) is 4. The Bertz CT molecular complexity index is 823. The number of alkyl halides is 3. The molecule has 116 valence electrons. The van der Waals surface area contributed by atoms with Crippen LogP contribution in [0.2, 0.25) is 0 Å². The molecule has 0 unspecified atom stereocenters. The number of aromatic amines is 2. The van der Waals surface area contributed by atoms with Crippen molar-refractivity contribution in [3.05, 3.63) is 27.7 Å². The number of H-pyrrole nitrogens is 2. The molecule has 0 spiro atoms. The zero-order valence-corrected chi connectivity index (χ0v) is 12.4. The molecule has 5 nitrogen and oxygen atoms in total. The highest BCUT2D eigenvalue weighted by molar-refractivity contribution is 8.03. The first-order valence-corrected chi connectivity index (χ1v) is 6.98. The molecular weight excluding hydrogens is 317 g/mol. The number of fused-ring (bicyclic) bond motifs is 1. The summed E-state index contributed by atoms with van der Waals surface area (Å²) >= 11 is 0.356. The average Bonchev–Trinajstić information content (AvgIpc) is 2.80. The molecule has 2 aromatic rings. The van der Waals surface area contributed by atoms with Gasteiger partial charge < -0.3 is 9.97 Å². The van der Waals surface area contributed by atoms with E-state index < -0.39 is 16.6 Å². The molecule has 9 heteroatoms. The minimum atomic E-state index is -4.56. The molecule has 0 radical (unpaired) electrons. The molecule has 2 rings (SSSR count). The number of halogens is 3. The minimum absolute atomic E-state index is 0.0276. The Morgan fingerprint density at radius 2 is 2.18 bits per heavy atom. The highest BCUT2D eigenvalue weighted by Crippen LogP contribution is 2.37. The number of aromatic nitrogens is 4. The summed E-state index contributed by atoms with van der Waals surface area (Å²) in [6, 6.07) is 0. The topological polar surface area (TPSA) is 74.4 Å². The molecule has 2 aromatic heterocycles. The Morgan fingerprint density at radius 3 is 2.77 bits per heavy atom. The van der Waals surface area contributed by atoms with E-state index in [1.54, 1.807) is 13.8 Å². The van der Waals surface area contributed by atoms with Crippen molar-refractivity contribution in [1.82, 2.24) is 19.9 Å². The van der Waals surface area contributed by atoms with Crippen LogP contribution in [0.3, 0.4) is 0 Å². The van der Waals surface area contributed by atoms with Crippen molar-refractivity contribution < 1.29 is 13.2 Å². The molecule has 0 aliphatic rings. The molecule has 0 aliphatic heterocycles. The summed E-state index contributed by atoms with van der Waals surface area (Å²) in [6.07, 6.45) is -2.63. The largest absolute Gasteiger partial charge is 0.423 e. The molecule has 0 fully saturated rings. The molecule has 0 saturated carbocycles. The second-order valence-corrected chi connectivity index (χ2v) is 5.55. The fourth-order valence-corrected chi connectivity index (χ4v) is 2.14. The van der Waals surface area contributed by atoms with Gasteiger partial charge in [-0.3, -0.25) is 4.79 Å². The number of thioether (sulfide) groups is 1. The Kier molecular flexibility index (Phi) is 4.61. The zero-order chi connectivity index (χ0) is 16.3. The van der Waals surface area contributed by atoms with Crippen LogP contribution in [0.5, 0.6) is 0 Å². The molecule has 0 amide bonds. The summed E-state index contributed by atoms with van der Waals surface area (Å²) in [7, 11) is 0. The summed E-state index contributed by atoms with van der Waals surface area (Å²) in [5, 5.41) is -0.0749. The average molecular weight is 328 g/mol. The van der Waals surface area contributed by atoms with Gasteiger partial charge in [-0.1, -0.05) is 25.7 Å². The van der Waals surface area contributed by atoms with Gasteiger partial charge in [0.25, 0.3) is 5.56 Å². The van der Waals surface area contributed by atoms with Gasteiger partial charge in [0.1, 0.15) is 4.91 Å². The van der Waals surface area contributed by atoms with E-state index >= 15 is 0 Å². The summed E-state index contributed by atoms with van der Waals surface area (Å²) in [5.74, 6) is 4.97. The van der Waals surface area contributed by atoms with Crippen molar-refractivity contribution in [2.45, 2.75) is 25.2 Å². The van der Waals surface area contributed by atoms with Gasteiger partial charge in [-0.15, -0.1) is 0 Å². The Morgan fingerprint density at radius 1 is 1.45 bits per heavy atom. The van der Waals surface area contributed by atoms with E-state index in [4.69, 9.17) is 0 Å². The molecule has 2 N–H and O–H groups in total. The molecule has 0 aliphatic carbocycles. The number of nitrogens with zero attached hydrogens (tertiary/aromatic N) is 2. The van der Waals surface area contributed by atoms with Crippen molar-refractivity contribution in [2.24, 2.45) is 5.92 Å². The first-order chi connectivity index (χ1) is 10.3. The molecule has 0 aromatic carbocycles. The van der Waals surface area contributed by atoms with Crippen molar-refractivity contribution in [3.63, 3.8) is 0 Å². The minimum Gasteiger partial charge on any atom is -0.327 e. The van der Waals surface area contributed by atoms with E-state index in [-0.39, 0.29) is 22.2 Å². The molecule has 2 heterocycles. The van der Waals surface area contributed by atoms with E-state index in [0.29, 0.717) is 11.8 Å². The quantitative estimate of drug-likeness (QED) is 0.657. The summed E-state index contributed by atoms with van der Waals surface area (Å²) in [5.41, 5.74) is -0.415. The van der Waals surface area contributed by atoms with E-state index in [9.17, 15) is 18.0 Å². The maximum absolute atomic E-state index is 13.0. The van der Waals surface area contributed by atoms with Crippen molar-refractivity contribution in [1.29, 1.82) is 0 Å². The van der Waals surface area contributed by atoms with Crippen LogP contribution in [0.4, 0.5) is 13.2 Å². The van der Waals surface area contributed by atoms with Crippen molar-refractivity contribution >= 4 is 22.9 Å². The lowest BCUT2D eigenvalue weighted by atomic mass is 10.2. The maximum atomic E-state index is 13.0. The number of hydrogen-bond donors (Lipinski definition) is 2. The van der Waals surface area contributed by atoms with Gasteiger partial charge in [0.15, 0.2) is 16.3 Å². The summed E-state index contributed by atoms with van der Waals surface area (Å²) in [6.45, 7) is 3.55. The smallest absolute Gasteiger partial charge is 0.327 e. The number of nitrogens with one attached hydrogen (secondary N) is 2. The normalized spacial score (nSPS) is 12.5. The van der Waals surface area contributed by atoms with Crippen LogP contribution in [-0.2, 0) is 0 Å². The second-order valence-electron chi connectivity index (χ2n) is 4.52. The van der Waals surface area contributed by atoms with Crippen LogP contribution in [0.1, 0.15) is 13.8 Å². The van der Waals surface area contributed by atoms with Gasteiger partial charge in [-0.2, -0.15) is 13.2 Å². The van der Waals surface area contributed by atoms with Crippen LogP contribution < -0.4 is 5.56 Å². The standard InChI is InChI=1S/C13H11F3N4OS/c1-7(2)4-3-5-8(13(14,15)16)22-12-19-9-10(20-12)17-6-18-11(9)21/h5-7H,1-2H3,(H2,17,18,19,20,21)/b8-5+. The van der Waals surface area contributed by atoms with Gasteiger partial charge in [-0.25, -0.2) is 9.97 Å². The molecule has 22 heavy (non-hydrogen) atoms. The van der Waals surface area contributed by atoms with Gasteiger partial charge in [0, 0.05) is 12.0 Å². The monoisotopic (exact) mass is 328 g/mol. The Hall–Kier alpha value is -2.21. The molecule has 0 bridgehead atoms. The van der Waals surface area contributed by atoms with Crippen LogP contribution in [0.25, 0.3) is 11.2 Å². The summed E-state index contributed by atoms with van der Waals surface area (Å²) < 4.78 is 38.9. The van der Waals surface area contributed by atoms with Crippen LogP contribution in [0, 0.1) is 17.8 Å². The van der Waals surface area contributed by atoms with Gasteiger partial charge in [-0.05, 0) is 11.8 Å². The third kappa shape index (κ3) is 3.92. The highest BCUT2D eigenvalue weighted by Gasteiger charge is 2.35. The van der Waals surface area contributed by atoms with Crippen LogP contribution in [0.15, 0.2) is 27.3 Å². The lowest BCUT2D eigenvalue weighted by Gasteiger charge is -2.07. The molecular formula is C13H11F3N4OS. The predicted octanol–water partition coefficient (Wildman–Crippen LogP) is 2.84. The third-order valence-electron chi connectivity index (χ3n) is 2.33. The first kappa shape index (κ1) is 16.2. The number of allylic oxidation sites excluding steroid dienone is 2. The van der Waals surface area contributed by atoms with Crippen molar-refractivity contribution in [3.8, 4) is 11.8 Å². The maximum Gasteiger partial charge on any atom is 0.423 e. The Balaban J connectivity index is 2.36. The van der Waals surface area contributed by atoms with Gasteiger partial charge >= 0.3 is 6.18 Å². The van der Waals surface area contributed by atoms with E-state index in [0.717, 1.165) is 12.4 Å². The zero-order valence-electron chi connectivity index (χ0n) is 11.6. The highest BCUT2D eigenvalue weighted by atomic mass is 32.2. The molecule has 0 saturated heterocycles. The number of rotatable bonds is 2. The Labute approximate surface area is 127 Å². The fraction of sp³-hybridized carbons (Fsp3) is 0.308. The van der Waals surface area contributed by atoms with E-state index in [1.165, 1.54) is 0 Å². The van der Waals surface area contributed by atoms with E-state index in [1.807, 2.05) is 0 Å². The fourth-order valence-electron chi connectivity index (χ4n) is 1.41.